The van der Waals surface area contributed by atoms with Crippen molar-refractivity contribution in [3.8, 4) is 0 Å². The SMILES string of the molecule is Cc1nc(NC(=O)c2ccccc2Cl)sc1C(=O)N(C)C. The van der Waals surface area contributed by atoms with Crippen LogP contribution < -0.4 is 5.32 Å². The van der Waals surface area contributed by atoms with E-state index in [1.807, 2.05) is 0 Å². The van der Waals surface area contributed by atoms with Crippen LogP contribution in [0.1, 0.15) is 25.7 Å². The van der Waals surface area contributed by atoms with Gasteiger partial charge in [-0.25, -0.2) is 4.98 Å². The number of aryl methyl sites for hydroxylation is 1. The molecule has 0 saturated carbocycles. The number of benzene rings is 1. The minimum absolute atomic E-state index is 0.136. The Morgan fingerprint density at radius 1 is 1.29 bits per heavy atom. The predicted octanol–water partition coefficient (Wildman–Crippen LogP) is 3.06. The molecule has 0 aliphatic heterocycles. The highest BCUT2D eigenvalue weighted by Crippen LogP contribution is 2.25. The van der Waals surface area contributed by atoms with Gasteiger partial charge in [-0.15, -0.1) is 0 Å². The Morgan fingerprint density at radius 2 is 1.95 bits per heavy atom. The van der Waals surface area contributed by atoms with Crippen LogP contribution in [-0.2, 0) is 0 Å². The fourth-order valence-electron chi connectivity index (χ4n) is 1.66. The summed E-state index contributed by atoms with van der Waals surface area (Å²) in [4.78, 5) is 30.3. The van der Waals surface area contributed by atoms with E-state index in [1.54, 1.807) is 45.3 Å². The van der Waals surface area contributed by atoms with Crippen molar-refractivity contribution in [1.82, 2.24) is 9.88 Å². The number of hydrogen-bond acceptors (Lipinski definition) is 4. The fourth-order valence-corrected chi connectivity index (χ4v) is 2.87. The van der Waals surface area contributed by atoms with Gasteiger partial charge in [0.25, 0.3) is 11.8 Å². The number of nitrogens with one attached hydrogen (secondary N) is 1. The summed E-state index contributed by atoms with van der Waals surface area (Å²) in [7, 11) is 3.34. The first kappa shape index (κ1) is 15.5. The molecule has 0 saturated heterocycles. The number of carbonyl (C=O) groups is 2. The van der Waals surface area contributed by atoms with E-state index in [1.165, 1.54) is 4.90 Å². The summed E-state index contributed by atoms with van der Waals surface area (Å²) < 4.78 is 0. The Bertz CT molecular complexity index is 697. The number of thiazole rings is 1. The van der Waals surface area contributed by atoms with Gasteiger partial charge in [-0.05, 0) is 19.1 Å². The minimum Gasteiger partial charge on any atom is -0.344 e. The maximum absolute atomic E-state index is 12.1. The first-order valence-electron chi connectivity index (χ1n) is 6.15. The zero-order valence-electron chi connectivity index (χ0n) is 11.8. The van der Waals surface area contributed by atoms with E-state index in [2.05, 4.69) is 10.3 Å². The van der Waals surface area contributed by atoms with Gasteiger partial charge in [0.05, 0.1) is 16.3 Å². The summed E-state index contributed by atoms with van der Waals surface area (Å²) >= 11 is 7.12. The van der Waals surface area contributed by atoms with E-state index in [0.29, 0.717) is 26.3 Å². The molecule has 0 unspecified atom stereocenters. The van der Waals surface area contributed by atoms with Crippen LogP contribution in [0.5, 0.6) is 0 Å². The molecule has 2 aromatic rings. The largest absolute Gasteiger partial charge is 0.344 e. The van der Waals surface area contributed by atoms with Crippen LogP contribution in [0, 0.1) is 6.92 Å². The van der Waals surface area contributed by atoms with Crippen molar-refractivity contribution in [2.45, 2.75) is 6.92 Å². The molecule has 21 heavy (non-hydrogen) atoms. The molecular formula is C14H14ClN3O2S. The molecular weight excluding hydrogens is 310 g/mol. The van der Waals surface area contributed by atoms with Crippen LogP contribution in [-0.4, -0.2) is 35.8 Å². The van der Waals surface area contributed by atoms with Crippen LogP contribution in [0.3, 0.4) is 0 Å². The van der Waals surface area contributed by atoms with Gasteiger partial charge < -0.3 is 4.90 Å². The highest BCUT2D eigenvalue weighted by Gasteiger charge is 2.18. The van der Waals surface area contributed by atoms with Gasteiger partial charge >= 0.3 is 0 Å². The normalized spacial score (nSPS) is 10.3. The quantitative estimate of drug-likeness (QED) is 0.944. The summed E-state index contributed by atoms with van der Waals surface area (Å²) in [5.74, 6) is -0.485. The van der Waals surface area contributed by atoms with Gasteiger partial charge in [0.1, 0.15) is 4.88 Å². The molecule has 0 aliphatic carbocycles. The Balaban J connectivity index is 2.21. The van der Waals surface area contributed by atoms with Crippen molar-refractivity contribution in [3.63, 3.8) is 0 Å². The van der Waals surface area contributed by atoms with Gasteiger partial charge in [0.15, 0.2) is 5.13 Å². The van der Waals surface area contributed by atoms with Crippen LogP contribution in [0.25, 0.3) is 0 Å². The third-order valence-corrected chi connectivity index (χ3v) is 4.13. The molecule has 0 bridgehead atoms. The summed E-state index contributed by atoms with van der Waals surface area (Å²) in [5.41, 5.74) is 0.959. The molecule has 1 heterocycles. The molecule has 0 aliphatic rings. The van der Waals surface area contributed by atoms with Gasteiger partial charge in [-0.1, -0.05) is 35.1 Å². The number of aromatic nitrogens is 1. The molecule has 2 rings (SSSR count). The predicted molar refractivity (Wildman–Crippen MR) is 84.3 cm³/mol. The van der Waals surface area contributed by atoms with Gasteiger partial charge in [0, 0.05) is 14.1 Å². The second-order valence-electron chi connectivity index (χ2n) is 4.57. The van der Waals surface area contributed by atoms with Crippen molar-refractivity contribution in [2.75, 3.05) is 19.4 Å². The average Bonchev–Trinajstić information content (AvgIpc) is 2.78. The Kier molecular flexibility index (Phi) is 4.59. The summed E-state index contributed by atoms with van der Waals surface area (Å²) in [6, 6.07) is 6.75. The topological polar surface area (TPSA) is 62.3 Å². The third-order valence-electron chi connectivity index (χ3n) is 2.74. The molecule has 110 valence electrons. The molecule has 0 radical (unpaired) electrons. The highest BCUT2D eigenvalue weighted by atomic mass is 35.5. The number of hydrogen-bond donors (Lipinski definition) is 1. The van der Waals surface area contributed by atoms with Crippen molar-refractivity contribution >= 4 is 39.9 Å². The molecule has 0 atom stereocenters. The number of nitrogens with zero attached hydrogens (tertiary/aromatic N) is 2. The maximum atomic E-state index is 12.1. The highest BCUT2D eigenvalue weighted by molar-refractivity contribution is 7.17. The van der Waals surface area contributed by atoms with Gasteiger partial charge in [-0.2, -0.15) is 0 Å². The molecule has 2 amide bonds. The first-order valence-corrected chi connectivity index (χ1v) is 7.34. The average molecular weight is 324 g/mol. The minimum atomic E-state index is -0.349. The molecule has 1 aromatic carbocycles. The Morgan fingerprint density at radius 3 is 2.57 bits per heavy atom. The van der Waals surface area contributed by atoms with Crippen LogP contribution in [0.2, 0.25) is 5.02 Å². The lowest BCUT2D eigenvalue weighted by molar-refractivity contribution is 0.0831. The summed E-state index contributed by atoms with van der Waals surface area (Å²) in [5, 5.41) is 3.41. The molecule has 7 heteroatoms. The zero-order chi connectivity index (χ0) is 15.6. The lowest BCUT2D eigenvalue weighted by atomic mass is 10.2. The second-order valence-corrected chi connectivity index (χ2v) is 5.97. The molecule has 0 fully saturated rings. The first-order chi connectivity index (χ1) is 9.90. The van der Waals surface area contributed by atoms with Crippen molar-refractivity contribution in [3.05, 3.63) is 45.4 Å². The van der Waals surface area contributed by atoms with Crippen LogP contribution in [0.4, 0.5) is 5.13 Å². The molecule has 5 nitrogen and oxygen atoms in total. The van der Waals surface area contributed by atoms with E-state index in [-0.39, 0.29) is 11.8 Å². The third kappa shape index (κ3) is 3.40. The van der Waals surface area contributed by atoms with Crippen LogP contribution in [0.15, 0.2) is 24.3 Å². The van der Waals surface area contributed by atoms with E-state index in [0.717, 1.165) is 11.3 Å². The van der Waals surface area contributed by atoms with Crippen molar-refractivity contribution in [2.24, 2.45) is 0 Å². The number of carbonyl (C=O) groups excluding carboxylic acids is 2. The van der Waals surface area contributed by atoms with Crippen molar-refractivity contribution < 1.29 is 9.59 Å². The Hall–Kier alpha value is -1.92. The molecule has 1 aromatic heterocycles. The summed E-state index contributed by atoms with van der Waals surface area (Å²) in [6.07, 6.45) is 0. The van der Waals surface area contributed by atoms with Gasteiger partial charge in [0.2, 0.25) is 0 Å². The monoisotopic (exact) mass is 323 g/mol. The number of anilines is 1. The van der Waals surface area contributed by atoms with E-state index < -0.39 is 0 Å². The molecule has 1 N–H and O–H groups in total. The fraction of sp³-hybridized carbons (Fsp3) is 0.214. The lowest BCUT2D eigenvalue weighted by Gasteiger charge is -2.07. The van der Waals surface area contributed by atoms with Gasteiger partial charge in [-0.3, -0.25) is 14.9 Å². The van der Waals surface area contributed by atoms with Crippen molar-refractivity contribution in [1.29, 1.82) is 0 Å². The Labute approximate surface area is 131 Å². The standard InChI is InChI=1S/C14H14ClN3O2S/c1-8-11(13(20)18(2)3)21-14(16-8)17-12(19)9-6-4-5-7-10(9)15/h4-7H,1-3H3,(H,16,17,19). The lowest BCUT2D eigenvalue weighted by Crippen LogP contribution is -2.21. The second kappa shape index (κ2) is 6.24. The number of rotatable bonds is 3. The number of halogens is 1. The van der Waals surface area contributed by atoms with Crippen LogP contribution >= 0.6 is 22.9 Å². The summed E-state index contributed by atoms with van der Waals surface area (Å²) in [6.45, 7) is 1.73. The molecule has 0 spiro atoms. The van der Waals surface area contributed by atoms with E-state index in [4.69, 9.17) is 11.6 Å². The van der Waals surface area contributed by atoms with E-state index >= 15 is 0 Å². The zero-order valence-corrected chi connectivity index (χ0v) is 13.4. The smallest absolute Gasteiger partial charge is 0.265 e. The van der Waals surface area contributed by atoms with E-state index in [9.17, 15) is 9.59 Å². The maximum Gasteiger partial charge on any atom is 0.265 e. The number of amides is 2.